The summed E-state index contributed by atoms with van der Waals surface area (Å²) in [5.41, 5.74) is 4.89. The number of imidazole rings is 1. The number of aromatic nitrogens is 5. The van der Waals surface area contributed by atoms with Crippen molar-refractivity contribution in [1.82, 2.24) is 29.2 Å². The summed E-state index contributed by atoms with van der Waals surface area (Å²) >= 11 is 0. The van der Waals surface area contributed by atoms with E-state index in [1.54, 1.807) is 4.68 Å². The fraction of sp³-hybridized carbons (Fsp3) is 0.333. The van der Waals surface area contributed by atoms with Gasteiger partial charge in [-0.3, -0.25) is 14.5 Å². The monoisotopic (exact) mass is 412 g/mol. The molecule has 0 radical (unpaired) electrons. The molecule has 1 aliphatic heterocycles. The van der Waals surface area contributed by atoms with Crippen LogP contribution in [0.25, 0.3) is 33.4 Å². The Labute approximate surface area is 180 Å². The highest BCUT2D eigenvalue weighted by molar-refractivity contribution is 5.97. The Morgan fingerprint density at radius 3 is 2.68 bits per heavy atom. The number of hydrogen-bond donors (Lipinski definition) is 0. The first-order valence-corrected chi connectivity index (χ1v) is 10.8. The summed E-state index contributed by atoms with van der Waals surface area (Å²) < 4.78 is 3.98. The topological polar surface area (TPSA) is 68.8 Å². The van der Waals surface area contributed by atoms with Crippen molar-refractivity contribution < 1.29 is 4.79 Å². The standard InChI is InChI=1S/C24H24N6O/c1-14-24(31)28(2)13-21-22(26-23(30(14)21)15-7-8-15)17-6-4-5-16-11-20(25-12-18(16)17)19-9-10-29(3)27-19/h4-6,9-12,14-15H,7-8,13H2,1-3H3/t14-/m0/s1. The van der Waals surface area contributed by atoms with Gasteiger partial charge in [0, 0.05) is 43.4 Å². The van der Waals surface area contributed by atoms with Crippen molar-refractivity contribution in [2.45, 2.75) is 38.3 Å². The Morgan fingerprint density at radius 1 is 1.10 bits per heavy atom. The number of nitrogens with zero attached hydrogens (tertiary/aromatic N) is 6. The van der Waals surface area contributed by atoms with Gasteiger partial charge in [0.1, 0.15) is 17.6 Å². The summed E-state index contributed by atoms with van der Waals surface area (Å²) in [7, 11) is 3.78. The molecular formula is C24H24N6O. The predicted molar refractivity (Wildman–Crippen MR) is 118 cm³/mol. The van der Waals surface area contributed by atoms with Crippen molar-refractivity contribution >= 4 is 16.7 Å². The largest absolute Gasteiger partial charge is 0.338 e. The third kappa shape index (κ3) is 2.80. The molecule has 4 heterocycles. The Kier molecular flexibility index (Phi) is 3.84. The number of rotatable bonds is 3. The van der Waals surface area contributed by atoms with Crippen molar-refractivity contribution in [3.63, 3.8) is 0 Å². The van der Waals surface area contributed by atoms with Crippen LogP contribution in [0.5, 0.6) is 0 Å². The maximum absolute atomic E-state index is 12.7. The number of hydrogen-bond acceptors (Lipinski definition) is 4. The van der Waals surface area contributed by atoms with Crippen LogP contribution in [0.1, 0.15) is 43.2 Å². The van der Waals surface area contributed by atoms with Crippen LogP contribution in [-0.2, 0) is 18.4 Å². The SMILES string of the molecule is C[C@H]1C(=O)N(C)Cc2c(-c3cccc4cc(-c5ccn(C)n5)ncc34)nc(C3CC3)n21. The number of benzene rings is 1. The third-order valence-corrected chi connectivity index (χ3v) is 6.48. The van der Waals surface area contributed by atoms with E-state index in [1.165, 1.54) is 0 Å². The molecule has 1 fully saturated rings. The lowest BCUT2D eigenvalue weighted by Gasteiger charge is -2.31. The zero-order chi connectivity index (χ0) is 21.3. The molecule has 0 N–H and O–H groups in total. The Morgan fingerprint density at radius 2 is 1.94 bits per heavy atom. The highest BCUT2D eigenvalue weighted by Crippen LogP contribution is 2.45. The minimum Gasteiger partial charge on any atom is -0.338 e. The molecule has 156 valence electrons. The number of carbonyl (C=O) groups excluding carboxylic acids is 1. The van der Waals surface area contributed by atoms with E-state index in [0.717, 1.165) is 57.8 Å². The quantitative estimate of drug-likeness (QED) is 0.512. The van der Waals surface area contributed by atoms with Crippen LogP contribution in [0.15, 0.2) is 42.7 Å². The molecule has 31 heavy (non-hydrogen) atoms. The third-order valence-electron chi connectivity index (χ3n) is 6.48. The Hall–Kier alpha value is -3.48. The molecule has 0 unspecified atom stereocenters. The Bertz CT molecular complexity index is 1350. The summed E-state index contributed by atoms with van der Waals surface area (Å²) in [6.07, 6.45) is 6.15. The summed E-state index contributed by atoms with van der Waals surface area (Å²) in [5, 5.41) is 6.66. The van der Waals surface area contributed by atoms with Gasteiger partial charge in [0.05, 0.1) is 23.6 Å². The van der Waals surface area contributed by atoms with Gasteiger partial charge in [-0.2, -0.15) is 5.10 Å². The van der Waals surface area contributed by atoms with Crippen LogP contribution in [0.4, 0.5) is 0 Å². The fourth-order valence-corrected chi connectivity index (χ4v) is 4.72. The molecule has 3 aromatic heterocycles. The first kappa shape index (κ1) is 18.3. The van der Waals surface area contributed by atoms with Crippen LogP contribution >= 0.6 is 0 Å². The smallest absolute Gasteiger partial charge is 0.245 e. The van der Waals surface area contributed by atoms with E-state index in [-0.39, 0.29) is 11.9 Å². The molecule has 1 aromatic carbocycles. The number of fused-ring (bicyclic) bond motifs is 2. The first-order valence-electron chi connectivity index (χ1n) is 10.8. The normalized spacial score (nSPS) is 18.6. The second-order valence-corrected chi connectivity index (χ2v) is 8.75. The molecule has 2 aliphatic rings. The molecule has 4 aromatic rings. The summed E-state index contributed by atoms with van der Waals surface area (Å²) in [6.45, 7) is 2.57. The molecular weight excluding hydrogens is 388 g/mol. The minimum absolute atomic E-state index is 0.151. The maximum Gasteiger partial charge on any atom is 0.245 e. The van der Waals surface area contributed by atoms with Crippen molar-refractivity contribution in [2.24, 2.45) is 7.05 Å². The first-order chi connectivity index (χ1) is 15.0. The van der Waals surface area contributed by atoms with Crippen LogP contribution in [-0.4, -0.2) is 42.2 Å². The van der Waals surface area contributed by atoms with Gasteiger partial charge in [-0.1, -0.05) is 18.2 Å². The van der Waals surface area contributed by atoms with Crippen LogP contribution in [0.2, 0.25) is 0 Å². The summed E-state index contributed by atoms with van der Waals surface area (Å²) in [6, 6.07) is 10.1. The molecule has 0 saturated heterocycles. The highest BCUT2D eigenvalue weighted by atomic mass is 16.2. The van der Waals surface area contributed by atoms with Crippen molar-refractivity contribution in [3.8, 4) is 22.6 Å². The van der Waals surface area contributed by atoms with Crippen molar-refractivity contribution in [1.29, 1.82) is 0 Å². The lowest BCUT2D eigenvalue weighted by Crippen LogP contribution is -2.39. The molecule has 1 saturated carbocycles. The zero-order valence-electron chi connectivity index (χ0n) is 17.9. The van der Waals surface area contributed by atoms with Gasteiger partial charge in [-0.25, -0.2) is 4.98 Å². The van der Waals surface area contributed by atoms with Gasteiger partial charge in [-0.15, -0.1) is 0 Å². The van der Waals surface area contributed by atoms with Gasteiger partial charge in [0.2, 0.25) is 5.91 Å². The number of amides is 1. The maximum atomic E-state index is 12.7. The predicted octanol–water partition coefficient (Wildman–Crippen LogP) is 3.91. The van der Waals surface area contributed by atoms with E-state index in [2.05, 4.69) is 33.9 Å². The number of carbonyl (C=O) groups is 1. The van der Waals surface area contributed by atoms with Crippen LogP contribution in [0, 0.1) is 0 Å². The number of likely N-dealkylation sites (N-methyl/N-ethyl adjacent to an activating group) is 1. The molecule has 1 aliphatic carbocycles. The van der Waals surface area contributed by atoms with E-state index in [1.807, 2.05) is 44.4 Å². The van der Waals surface area contributed by atoms with E-state index >= 15 is 0 Å². The Balaban J connectivity index is 1.53. The van der Waals surface area contributed by atoms with Crippen LogP contribution < -0.4 is 0 Å². The second-order valence-electron chi connectivity index (χ2n) is 8.75. The highest BCUT2D eigenvalue weighted by Gasteiger charge is 2.38. The van der Waals surface area contributed by atoms with Crippen molar-refractivity contribution in [2.75, 3.05) is 7.05 Å². The van der Waals surface area contributed by atoms with Gasteiger partial charge < -0.3 is 9.47 Å². The molecule has 7 nitrogen and oxygen atoms in total. The molecule has 0 bridgehead atoms. The molecule has 1 amide bonds. The van der Waals surface area contributed by atoms with Gasteiger partial charge in [0.25, 0.3) is 0 Å². The van der Waals surface area contributed by atoms with Crippen molar-refractivity contribution in [3.05, 3.63) is 54.2 Å². The average Bonchev–Trinajstić information content (AvgIpc) is 3.42. The minimum atomic E-state index is -0.213. The lowest BCUT2D eigenvalue weighted by molar-refractivity contribution is -0.135. The van der Waals surface area contributed by atoms with Gasteiger partial charge >= 0.3 is 0 Å². The second kappa shape index (κ2) is 6.51. The van der Waals surface area contributed by atoms with E-state index in [0.29, 0.717) is 12.5 Å². The molecule has 7 heteroatoms. The molecule has 1 atom stereocenters. The summed E-state index contributed by atoms with van der Waals surface area (Å²) in [4.78, 5) is 24.3. The number of aryl methyl sites for hydroxylation is 1. The van der Waals surface area contributed by atoms with Crippen LogP contribution in [0.3, 0.4) is 0 Å². The van der Waals surface area contributed by atoms with E-state index in [4.69, 9.17) is 9.97 Å². The average molecular weight is 412 g/mol. The molecule has 6 rings (SSSR count). The summed E-state index contributed by atoms with van der Waals surface area (Å²) in [5.74, 6) is 1.68. The van der Waals surface area contributed by atoms with E-state index < -0.39 is 0 Å². The lowest BCUT2D eigenvalue weighted by atomic mass is 10.0. The van der Waals surface area contributed by atoms with E-state index in [9.17, 15) is 4.79 Å². The molecule has 0 spiro atoms. The zero-order valence-corrected chi connectivity index (χ0v) is 17.9. The van der Waals surface area contributed by atoms with Gasteiger partial charge in [-0.05, 0) is 37.3 Å². The fourth-order valence-electron chi connectivity index (χ4n) is 4.72. The number of pyridine rings is 1. The van der Waals surface area contributed by atoms with Gasteiger partial charge in [0.15, 0.2) is 0 Å².